The number of amides is 1. The summed E-state index contributed by atoms with van der Waals surface area (Å²) < 4.78 is 32.6. The third kappa shape index (κ3) is 7.22. The van der Waals surface area contributed by atoms with Crippen LogP contribution in [0.3, 0.4) is 0 Å². The monoisotopic (exact) mass is 478 g/mol. The molecule has 1 amide bonds. The first-order valence-electron chi connectivity index (χ1n) is 11.1. The Morgan fingerprint density at radius 2 is 1.84 bits per heavy atom. The number of piperidine rings is 1. The molecule has 174 valence electrons. The van der Waals surface area contributed by atoms with E-state index in [4.69, 9.17) is 16.3 Å². The van der Waals surface area contributed by atoms with Crippen molar-refractivity contribution in [1.29, 1.82) is 0 Å². The fraction of sp³-hybridized carbons (Fsp3) is 0.458. The van der Waals surface area contributed by atoms with Crippen LogP contribution in [0.1, 0.15) is 37.3 Å². The summed E-state index contributed by atoms with van der Waals surface area (Å²) in [6, 6.07) is 14.9. The Bertz CT molecular complexity index is 987. The molecule has 0 aromatic heterocycles. The summed E-state index contributed by atoms with van der Waals surface area (Å²) >= 11 is 5.96. The van der Waals surface area contributed by atoms with Gasteiger partial charge in [0, 0.05) is 24.0 Å². The molecule has 0 saturated carbocycles. The molecule has 0 bridgehead atoms. The summed E-state index contributed by atoms with van der Waals surface area (Å²) in [6.45, 7) is 3.66. The summed E-state index contributed by atoms with van der Waals surface area (Å²) in [4.78, 5) is 12.5. The molecule has 32 heavy (non-hydrogen) atoms. The van der Waals surface area contributed by atoms with Crippen molar-refractivity contribution >= 4 is 27.5 Å². The number of hydrogen-bond donors (Lipinski definition) is 1. The van der Waals surface area contributed by atoms with E-state index in [9.17, 15) is 13.2 Å². The average Bonchev–Trinajstić information content (AvgIpc) is 2.78. The van der Waals surface area contributed by atoms with Crippen LogP contribution in [0, 0.1) is 5.92 Å². The number of halogens is 1. The normalized spacial score (nSPS) is 15.4. The van der Waals surface area contributed by atoms with Gasteiger partial charge in [-0.2, -0.15) is 0 Å². The number of carbonyl (C=O) groups is 1. The number of carbonyl (C=O) groups excluding carboxylic acids is 1. The van der Waals surface area contributed by atoms with Crippen molar-refractivity contribution < 1.29 is 17.9 Å². The standard InChI is InChI=1S/C24H31ClN2O4S/c1-2-4-19-7-9-23(10-8-19)31-16-13-26-24(28)21-11-14-27(15-12-21)32(29,30)18-20-5-3-6-22(25)17-20/h3,5-10,17,21H,2,4,11-16,18H2,1H3,(H,26,28). The van der Waals surface area contributed by atoms with Crippen LogP contribution in [0.15, 0.2) is 48.5 Å². The van der Waals surface area contributed by atoms with Crippen LogP contribution >= 0.6 is 11.6 Å². The van der Waals surface area contributed by atoms with Crippen LogP contribution in [0.25, 0.3) is 0 Å². The van der Waals surface area contributed by atoms with Crippen molar-refractivity contribution in [3.8, 4) is 5.75 Å². The van der Waals surface area contributed by atoms with E-state index in [0.717, 1.165) is 18.6 Å². The highest BCUT2D eigenvalue weighted by molar-refractivity contribution is 7.88. The van der Waals surface area contributed by atoms with Gasteiger partial charge in [-0.1, -0.05) is 49.2 Å². The third-order valence-corrected chi connectivity index (χ3v) is 7.67. The molecule has 8 heteroatoms. The molecule has 0 spiro atoms. The molecule has 1 aliphatic heterocycles. The first-order chi connectivity index (χ1) is 15.4. The molecule has 2 aromatic rings. The molecule has 6 nitrogen and oxygen atoms in total. The highest BCUT2D eigenvalue weighted by Crippen LogP contribution is 2.22. The van der Waals surface area contributed by atoms with Gasteiger partial charge in [0.25, 0.3) is 0 Å². The average molecular weight is 479 g/mol. The predicted molar refractivity (Wildman–Crippen MR) is 127 cm³/mol. The van der Waals surface area contributed by atoms with Crippen molar-refractivity contribution in [2.45, 2.75) is 38.4 Å². The first-order valence-corrected chi connectivity index (χ1v) is 13.1. The quantitative estimate of drug-likeness (QED) is 0.523. The summed E-state index contributed by atoms with van der Waals surface area (Å²) in [7, 11) is -3.44. The Hall–Kier alpha value is -2.09. The minimum atomic E-state index is -3.44. The minimum Gasteiger partial charge on any atom is -0.492 e. The molecule has 2 aromatic carbocycles. The Morgan fingerprint density at radius 1 is 1.12 bits per heavy atom. The van der Waals surface area contributed by atoms with Crippen LogP contribution < -0.4 is 10.1 Å². The van der Waals surface area contributed by atoms with Crippen molar-refractivity contribution in [2.24, 2.45) is 5.92 Å². The molecule has 1 heterocycles. The number of nitrogens with one attached hydrogen (secondary N) is 1. The van der Waals surface area contributed by atoms with E-state index < -0.39 is 10.0 Å². The number of nitrogens with zero attached hydrogens (tertiary/aromatic N) is 1. The van der Waals surface area contributed by atoms with Crippen LogP contribution in [-0.4, -0.2) is 44.9 Å². The Labute approximate surface area is 196 Å². The van der Waals surface area contributed by atoms with Crippen molar-refractivity contribution in [2.75, 3.05) is 26.2 Å². The van der Waals surface area contributed by atoms with Gasteiger partial charge in [-0.3, -0.25) is 4.79 Å². The molecule has 0 atom stereocenters. The van der Waals surface area contributed by atoms with Crippen LogP contribution in [0.2, 0.25) is 5.02 Å². The molecular formula is C24H31ClN2O4S. The minimum absolute atomic E-state index is 0.0428. The van der Waals surface area contributed by atoms with E-state index in [1.165, 1.54) is 9.87 Å². The second kappa shape index (κ2) is 11.7. The van der Waals surface area contributed by atoms with Crippen LogP contribution in [0.5, 0.6) is 5.75 Å². The molecule has 1 saturated heterocycles. The number of rotatable bonds is 10. The number of sulfonamides is 1. The predicted octanol–water partition coefficient (Wildman–Crippen LogP) is 4.03. The molecule has 1 fully saturated rings. The summed E-state index contributed by atoms with van der Waals surface area (Å²) in [5.74, 6) is 0.485. The Kier molecular flexibility index (Phi) is 8.96. The van der Waals surface area contributed by atoms with Gasteiger partial charge in [0.15, 0.2) is 0 Å². The Morgan fingerprint density at radius 3 is 2.50 bits per heavy atom. The van der Waals surface area contributed by atoms with Crippen LogP contribution in [0.4, 0.5) is 0 Å². The maximum absolute atomic E-state index is 12.7. The van der Waals surface area contributed by atoms with E-state index in [1.807, 2.05) is 12.1 Å². The van der Waals surface area contributed by atoms with E-state index >= 15 is 0 Å². The van der Waals surface area contributed by atoms with Crippen LogP contribution in [-0.2, 0) is 27.0 Å². The van der Waals surface area contributed by atoms with Gasteiger partial charge in [0.1, 0.15) is 12.4 Å². The molecule has 0 aliphatic carbocycles. The van der Waals surface area contributed by atoms with Crippen molar-refractivity contribution in [3.05, 3.63) is 64.7 Å². The van der Waals surface area contributed by atoms with Crippen molar-refractivity contribution in [1.82, 2.24) is 9.62 Å². The lowest BCUT2D eigenvalue weighted by Gasteiger charge is -2.30. The molecule has 0 radical (unpaired) electrons. The Balaban J connectivity index is 1.38. The van der Waals surface area contributed by atoms with Gasteiger partial charge in [0.05, 0.1) is 12.3 Å². The largest absolute Gasteiger partial charge is 0.492 e. The fourth-order valence-electron chi connectivity index (χ4n) is 3.85. The van der Waals surface area contributed by atoms with Gasteiger partial charge < -0.3 is 10.1 Å². The third-order valence-electron chi connectivity index (χ3n) is 5.59. The van der Waals surface area contributed by atoms with E-state index in [2.05, 4.69) is 24.4 Å². The van der Waals surface area contributed by atoms with Gasteiger partial charge in [-0.25, -0.2) is 12.7 Å². The lowest BCUT2D eigenvalue weighted by Crippen LogP contribution is -2.43. The second-order valence-electron chi connectivity index (χ2n) is 8.09. The smallest absolute Gasteiger partial charge is 0.223 e. The second-order valence-corrected chi connectivity index (χ2v) is 10.5. The highest BCUT2D eigenvalue weighted by atomic mass is 35.5. The molecule has 0 unspecified atom stereocenters. The van der Waals surface area contributed by atoms with Gasteiger partial charge in [-0.05, 0) is 54.7 Å². The first kappa shape index (κ1) is 24.6. The van der Waals surface area contributed by atoms with E-state index in [1.54, 1.807) is 24.3 Å². The van der Waals surface area contributed by atoms with Gasteiger partial charge in [0.2, 0.25) is 15.9 Å². The van der Waals surface area contributed by atoms with Gasteiger partial charge in [-0.15, -0.1) is 0 Å². The maximum atomic E-state index is 12.7. The molecule has 1 aliphatic rings. The molecule has 3 rings (SSSR count). The lowest BCUT2D eigenvalue weighted by atomic mass is 9.97. The SMILES string of the molecule is CCCc1ccc(OCCNC(=O)C2CCN(S(=O)(=O)Cc3cccc(Cl)c3)CC2)cc1. The summed E-state index contributed by atoms with van der Waals surface area (Å²) in [6.07, 6.45) is 3.19. The zero-order valence-corrected chi connectivity index (χ0v) is 20.0. The topological polar surface area (TPSA) is 75.7 Å². The zero-order chi connectivity index (χ0) is 23.0. The zero-order valence-electron chi connectivity index (χ0n) is 18.4. The summed E-state index contributed by atoms with van der Waals surface area (Å²) in [5.41, 5.74) is 1.95. The number of hydrogen-bond acceptors (Lipinski definition) is 4. The van der Waals surface area contributed by atoms with E-state index in [-0.39, 0.29) is 17.6 Å². The highest BCUT2D eigenvalue weighted by Gasteiger charge is 2.31. The van der Waals surface area contributed by atoms with E-state index in [0.29, 0.717) is 49.7 Å². The number of aryl methyl sites for hydroxylation is 1. The summed E-state index contributed by atoms with van der Waals surface area (Å²) in [5, 5.41) is 3.43. The van der Waals surface area contributed by atoms with Gasteiger partial charge >= 0.3 is 0 Å². The maximum Gasteiger partial charge on any atom is 0.223 e. The molecule has 1 N–H and O–H groups in total. The lowest BCUT2D eigenvalue weighted by molar-refractivity contribution is -0.126. The van der Waals surface area contributed by atoms with Crippen molar-refractivity contribution in [3.63, 3.8) is 0 Å². The fourth-order valence-corrected chi connectivity index (χ4v) is 5.62. The molecular weight excluding hydrogens is 448 g/mol. The number of benzene rings is 2. The number of ether oxygens (including phenoxy) is 1.